The number of carbonyl (C=O) groups excluding carboxylic acids is 2. The van der Waals surface area contributed by atoms with Crippen LogP contribution in [0.1, 0.15) is 25.7 Å². The molecule has 0 bridgehead atoms. The highest BCUT2D eigenvalue weighted by Gasteiger charge is 2.35. The molecule has 0 atom stereocenters. The minimum Gasteiger partial charge on any atom is -0.495 e. The zero-order valence-corrected chi connectivity index (χ0v) is 13.9. The van der Waals surface area contributed by atoms with Crippen molar-refractivity contribution < 1.29 is 14.3 Å². The lowest BCUT2D eigenvalue weighted by Gasteiger charge is -2.31. The van der Waals surface area contributed by atoms with Crippen LogP contribution in [-0.2, 0) is 9.59 Å². The number of rotatable bonds is 4. The number of anilines is 1. The molecule has 1 aromatic rings. The predicted octanol–water partition coefficient (Wildman–Crippen LogP) is 2.94. The molecule has 1 aliphatic carbocycles. The summed E-state index contributed by atoms with van der Waals surface area (Å²) in [6, 6.07) is 5.19. The fourth-order valence-electron chi connectivity index (χ4n) is 2.94. The van der Waals surface area contributed by atoms with Crippen molar-refractivity contribution in [3.63, 3.8) is 0 Å². The van der Waals surface area contributed by atoms with Gasteiger partial charge in [-0.2, -0.15) is 0 Å². The Hall–Kier alpha value is -1.75. The molecule has 0 aromatic heterocycles. The van der Waals surface area contributed by atoms with Gasteiger partial charge < -0.3 is 15.0 Å². The van der Waals surface area contributed by atoms with Crippen molar-refractivity contribution >= 4 is 29.1 Å². The summed E-state index contributed by atoms with van der Waals surface area (Å²) >= 11 is 6.07. The van der Waals surface area contributed by atoms with Gasteiger partial charge in [0.25, 0.3) is 0 Å². The van der Waals surface area contributed by atoms with E-state index in [1.807, 2.05) is 4.90 Å². The molecule has 3 rings (SSSR count). The minimum atomic E-state index is -0.0564. The number of nitrogens with zero attached hydrogens (tertiary/aromatic N) is 1. The standard InChI is InChI=1S/C17H21ClN2O3/c1-23-15-5-4-13(10-14(15)18)19-16(21)11-6-8-20(9-7-11)17(22)12-2-3-12/h4-5,10-12H,2-3,6-9H2,1H3,(H,19,21). The van der Waals surface area contributed by atoms with Crippen LogP contribution in [-0.4, -0.2) is 36.9 Å². The molecule has 0 spiro atoms. The van der Waals surface area contributed by atoms with E-state index in [0.717, 1.165) is 12.8 Å². The number of hydrogen-bond acceptors (Lipinski definition) is 3. The fraction of sp³-hybridized carbons (Fsp3) is 0.529. The lowest BCUT2D eigenvalue weighted by Crippen LogP contribution is -2.42. The number of benzene rings is 1. The average Bonchev–Trinajstić information content (AvgIpc) is 3.39. The van der Waals surface area contributed by atoms with E-state index in [1.165, 1.54) is 0 Å². The normalized spacial score (nSPS) is 18.6. The lowest BCUT2D eigenvalue weighted by atomic mass is 9.95. The molecule has 2 aliphatic rings. The number of hydrogen-bond donors (Lipinski definition) is 1. The lowest BCUT2D eigenvalue weighted by molar-refractivity contribution is -0.135. The SMILES string of the molecule is COc1ccc(NC(=O)C2CCN(C(=O)C3CC3)CC2)cc1Cl. The van der Waals surface area contributed by atoms with Crippen molar-refractivity contribution in [2.24, 2.45) is 11.8 Å². The first-order valence-electron chi connectivity index (χ1n) is 8.01. The van der Waals surface area contributed by atoms with Crippen molar-refractivity contribution in [2.45, 2.75) is 25.7 Å². The summed E-state index contributed by atoms with van der Waals surface area (Å²) < 4.78 is 5.10. The molecule has 6 heteroatoms. The second-order valence-electron chi connectivity index (χ2n) is 6.21. The Kier molecular flexibility index (Phi) is 4.76. The van der Waals surface area contributed by atoms with E-state index < -0.39 is 0 Å². The minimum absolute atomic E-state index is 0.00949. The molecular formula is C17H21ClN2O3. The van der Waals surface area contributed by atoms with Gasteiger partial charge in [-0.15, -0.1) is 0 Å². The van der Waals surface area contributed by atoms with Crippen molar-refractivity contribution in [1.29, 1.82) is 0 Å². The van der Waals surface area contributed by atoms with E-state index in [9.17, 15) is 9.59 Å². The van der Waals surface area contributed by atoms with Crippen LogP contribution in [0.3, 0.4) is 0 Å². The van der Waals surface area contributed by atoms with Crippen molar-refractivity contribution in [3.05, 3.63) is 23.2 Å². The van der Waals surface area contributed by atoms with Gasteiger partial charge in [-0.05, 0) is 43.9 Å². The van der Waals surface area contributed by atoms with E-state index in [2.05, 4.69) is 5.32 Å². The number of methoxy groups -OCH3 is 1. The summed E-state index contributed by atoms with van der Waals surface area (Å²) in [6.45, 7) is 1.35. The number of piperidine rings is 1. The number of ether oxygens (including phenoxy) is 1. The van der Waals surface area contributed by atoms with Gasteiger partial charge >= 0.3 is 0 Å². The van der Waals surface area contributed by atoms with E-state index in [0.29, 0.717) is 42.4 Å². The van der Waals surface area contributed by atoms with Crippen LogP contribution in [0.2, 0.25) is 5.02 Å². The van der Waals surface area contributed by atoms with E-state index in [-0.39, 0.29) is 23.7 Å². The maximum absolute atomic E-state index is 12.4. The largest absolute Gasteiger partial charge is 0.495 e. The van der Waals surface area contributed by atoms with Crippen LogP contribution in [0.25, 0.3) is 0 Å². The Balaban J connectivity index is 1.53. The first kappa shape index (κ1) is 16.1. The third-order valence-electron chi connectivity index (χ3n) is 4.52. The van der Waals surface area contributed by atoms with Crippen LogP contribution in [0.15, 0.2) is 18.2 Å². The van der Waals surface area contributed by atoms with Gasteiger partial charge in [0.1, 0.15) is 5.75 Å². The number of likely N-dealkylation sites (tertiary alicyclic amines) is 1. The van der Waals surface area contributed by atoms with Crippen LogP contribution in [0.4, 0.5) is 5.69 Å². The highest BCUT2D eigenvalue weighted by molar-refractivity contribution is 6.32. The Morgan fingerprint density at radius 3 is 2.43 bits per heavy atom. The Morgan fingerprint density at radius 1 is 1.17 bits per heavy atom. The third-order valence-corrected chi connectivity index (χ3v) is 4.82. The monoisotopic (exact) mass is 336 g/mol. The quantitative estimate of drug-likeness (QED) is 0.919. The molecule has 0 unspecified atom stereocenters. The highest BCUT2D eigenvalue weighted by atomic mass is 35.5. The van der Waals surface area contributed by atoms with Crippen LogP contribution in [0, 0.1) is 11.8 Å². The first-order valence-corrected chi connectivity index (χ1v) is 8.39. The van der Waals surface area contributed by atoms with Crippen molar-refractivity contribution in [3.8, 4) is 5.75 Å². The molecule has 2 amide bonds. The van der Waals surface area contributed by atoms with Crippen LogP contribution in [0.5, 0.6) is 5.75 Å². The topological polar surface area (TPSA) is 58.6 Å². The highest BCUT2D eigenvalue weighted by Crippen LogP contribution is 2.33. The molecule has 124 valence electrons. The van der Waals surface area contributed by atoms with Gasteiger partial charge in [0.2, 0.25) is 11.8 Å². The molecule has 1 saturated heterocycles. The number of amides is 2. The van der Waals surface area contributed by atoms with E-state index in [1.54, 1.807) is 25.3 Å². The number of halogens is 1. The Labute approximate surface area is 140 Å². The van der Waals surface area contributed by atoms with Crippen LogP contribution < -0.4 is 10.1 Å². The van der Waals surface area contributed by atoms with Crippen LogP contribution >= 0.6 is 11.6 Å². The second kappa shape index (κ2) is 6.79. The molecule has 23 heavy (non-hydrogen) atoms. The second-order valence-corrected chi connectivity index (χ2v) is 6.62. The zero-order chi connectivity index (χ0) is 16.4. The molecule has 1 N–H and O–H groups in total. The van der Waals surface area contributed by atoms with Crippen molar-refractivity contribution in [1.82, 2.24) is 4.90 Å². The summed E-state index contributed by atoms with van der Waals surface area (Å²) in [5.74, 6) is 1.04. The number of carbonyl (C=O) groups is 2. The number of nitrogens with one attached hydrogen (secondary N) is 1. The predicted molar refractivity (Wildman–Crippen MR) is 88.7 cm³/mol. The Morgan fingerprint density at radius 2 is 1.87 bits per heavy atom. The maximum atomic E-state index is 12.4. The maximum Gasteiger partial charge on any atom is 0.227 e. The molecule has 0 radical (unpaired) electrons. The van der Waals surface area contributed by atoms with Crippen molar-refractivity contribution in [2.75, 3.05) is 25.5 Å². The molecular weight excluding hydrogens is 316 g/mol. The average molecular weight is 337 g/mol. The summed E-state index contributed by atoms with van der Waals surface area (Å²) in [5, 5.41) is 3.37. The van der Waals surface area contributed by atoms with Gasteiger partial charge in [0.15, 0.2) is 0 Å². The summed E-state index contributed by atoms with van der Waals surface area (Å²) in [6.07, 6.45) is 3.48. The Bertz CT molecular complexity index is 608. The van der Waals surface area contributed by atoms with Gasteiger partial charge in [-0.3, -0.25) is 9.59 Å². The van der Waals surface area contributed by atoms with E-state index in [4.69, 9.17) is 16.3 Å². The smallest absolute Gasteiger partial charge is 0.227 e. The van der Waals surface area contributed by atoms with Gasteiger partial charge in [-0.25, -0.2) is 0 Å². The molecule has 5 nitrogen and oxygen atoms in total. The zero-order valence-electron chi connectivity index (χ0n) is 13.2. The summed E-state index contributed by atoms with van der Waals surface area (Å²) in [5.41, 5.74) is 0.664. The first-order chi connectivity index (χ1) is 11.1. The molecule has 1 aromatic carbocycles. The molecule has 1 heterocycles. The van der Waals surface area contributed by atoms with E-state index >= 15 is 0 Å². The van der Waals surface area contributed by atoms with Gasteiger partial charge in [-0.1, -0.05) is 11.6 Å². The molecule has 1 aliphatic heterocycles. The molecule has 2 fully saturated rings. The van der Waals surface area contributed by atoms with Gasteiger partial charge in [0.05, 0.1) is 12.1 Å². The molecule has 1 saturated carbocycles. The van der Waals surface area contributed by atoms with Gasteiger partial charge in [0, 0.05) is 30.6 Å². The third kappa shape index (κ3) is 3.78. The summed E-state index contributed by atoms with van der Waals surface area (Å²) in [7, 11) is 1.55. The summed E-state index contributed by atoms with van der Waals surface area (Å²) in [4.78, 5) is 26.3. The fourth-order valence-corrected chi connectivity index (χ4v) is 3.20.